The molecule has 0 radical (unpaired) electrons. The van der Waals surface area contributed by atoms with E-state index in [1.165, 1.54) is 6.08 Å². The van der Waals surface area contributed by atoms with Crippen LogP contribution in [-0.2, 0) is 14.8 Å². The van der Waals surface area contributed by atoms with Crippen molar-refractivity contribution in [3.63, 3.8) is 0 Å². The SMILES string of the molecule is O=C(/C=C/c1ccc(S(=O)(=O)N2CCCCCC2)cc1)NC(c1ccccc1)c1ccncc1. The van der Waals surface area contributed by atoms with Crippen LogP contribution in [0.5, 0.6) is 0 Å². The van der Waals surface area contributed by atoms with Gasteiger partial charge in [0, 0.05) is 31.6 Å². The number of sulfonamides is 1. The van der Waals surface area contributed by atoms with Crippen molar-refractivity contribution in [1.82, 2.24) is 14.6 Å². The summed E-state index contributed by atoms with van der Waals surface area (Å²) in [4.78, 5) is 17.1. The van der Waals surface area contributed by atoms with Crippen LogP contribution in [0.4, 0.5) is 0 Å². The molecule has 1 aromatic heterocycles. The van der Waals surface area contributed by atoms with Gasteiger partial charge in [-0.3, -0.25) is 9.78 Å². The second-order valence-electron chi connectivity index (χ2n) is 8.35. The molecule has 7 heteroatoms. The molecule has 176 valence electrons. The first-order valence-electron chi connectivity index (χ1n) is 11.6. The number of nitrogens with one attached hydrogen (secondary N) is 1. The standard InChI is InChI=1S/C27H29N3O3S/c31-26(29-27(23-8-4-3-5-9-23)24-16-18-28-19-17-24)15-12-22-10-13-25(14-11-22)34(32,33)30-20-6-1-2-7-21-30/h3-5,8-19,27H,1-2,6-7,20-21H2,(H,29,31)/b15-12+. The van der Waals surface area contributed by atoms with E-state index in [1.54, 1.807) is 47.0 Å². The fourth-order valence-corrected chi connectivity index (χ4v) is 5.62. The molecule has 6 nitrogen and oxygen atoms in total. The predicted octanol–water partition coefficient (Wildman–Crippen LogP) is 4.57. The number of rotatable bonds is 7. The summed E-state index contributed by atoms with van der Waals surface area (Å²) >= 11 is 0. The summed E-state index contributed by atoms with van der Waals surface area (Å²) < 4.78 is 27.5. The van der Waals surface area contributed by atoms with Crippen molar-refractivity contribution in [2.45, 2.75) is 36.6 Å². The second kappa shape index (κ2) is 11.2. The molecule has 4 rings (SSSR count). The number of carbonyl (C=O) groups excluding carboxylic acids is 1. The molecule has 1 saturated heterocycles. The summed E-state index contributed by atoms with van der Waals surface area (Å²) in [5.74, 6) is -0.244. The monoisotopic (exact) mass is 475 g/mol. The first-order valence-corrected chi connectivity index (χ1v) is 13.0. The number of carbonyl (C=O) groups is 1. The summed E-state index contributed by atoms with van der Waals surface area (Å²) in [5.41, 5.74) is 2.66. The third-order valence-corrected chi connectivity index (χ3v) is 7.88. The van der Waals surface area contributed by atoms with Crippen LogP contribution in [0.3, 0.4) is 0 Å². The molecule has 0 aliphatic carbocycles. The molecule has 1 unspecified atom stereocenters. The highest BCUT2D eigenvalue weighted by molar-refractivity contribution is 7.89. The van der Waals surface area contributed by atoms with E-state index in [-0.39, 0.29) is 16.8 Å². The van der Waals surface area contributed by atoms with Gasteiger partial charge in [-0.05, 0) is 59.9 Å². The van der Waals surface area contributed by atoms with Gasteiger partial charge in [0.1, 0.15) is 0 Å². The molecule has 2 aromatic carbocycles. The van der Waals surface area contributed by atoms with Gasteiger partial charge >= 0.3 is 0 Å². The normalized spacial score (nSPS) is 16.1. The largest absolute Gasteiger partial charge is 0.342 e. The predicted molar refractivity (Wildman–Crippen MR) is 133 cm³/mol. The van der Waals surface area contributed by atoms with Crippen molar-refractivity contribution in [3.8, 4) is 0 Å². The lowest BCUT2D eigenvalue weighted by molar-refractivity contribution is -0.116. The summed E-state index contributed by atoms with van der Waals surface area (Å²) in [6.07, 6.45) is 10.5. The quantitative estimate of drug-likeness (QED) is 0.508. The summed E-state index contributed by atoms with van der Waals surface area (Å²) in [7, 11) is -3.49. The Labute approximate surface area is 201 Å². The molecular formula is C27H29N3O3S. The molecule has 3 aromatic rings. The lowest BCUT2D eigenvalue weighted by atomic mass is 9.99. The number of amides is 1. The van der Waals surface area contributed by atoms with Gasteiger partial charge in [0.15, 0.2) is 0 Å². The molecule has 1 fully saturated rings. The molecule has 1 aliphatic rings. The number of hydrogen-bond donors (Lipinski definition) is 1. The van der Waals surface area contributed by atoms with Crippen molar-refractivity contribution >= 4 is 22.0 Å². The van der Waals surface area contributed by atoms with Gasteiger partial charge in [-0.15, -0.1) is 0 Å². The fourth-order valence-electron chi connectivity index (χ4n) is 4.10. The Balaban J connectivity index is 1.45. The molecule has 34 heavy (non-hydrogen) atoms. The zero-order valence-electron chi connectivity index (χ0n) is 19.0. The minimum atomic E-state index is -3.49. The Morgan fingerprint density at radius 3 is 2.12 bits per heavy atom. The maximum atomic E-state index is 12.9. The molecule has 0 bridgehead atoms. The van der Waals surface area contributed by atoms with Crippen LogP contribution in [0.1, 0.15) is 48.4 Å². The van der Waals surface area contributed by atoms with E-state index >= 15 is 0 Å². The van der Waals surface area contributed by atoms with Crippen molar-refractivity contribution < 1.29 is 13.2 Å². The average molecular weight is 476 g/mol. The van der Waals surface area contributed by atoms with Gasteiger partial charge in [0.05, 0.1) is 10.9 Å². The Morgan fingerprint density at radius 2 is 1.47 bits per heavy atom. The second-order valence-corrected chi connectivity index (χ2v) is 10.3. The molecule has 1 aliphatic heterocycles. The fraction of sp³-hybridized carbons (Fsp3) is 0.259. The molecule has 2 heterocycles. The van der Waals surface area contributed by atoms with Gasteiger partial charge in [-0.1, -0.05) is 55.3 Å². The van der Waals surface area contributed by atoms with Crippen LogP contribution in [-0.4, -0.2) is 36.7 Å². The minimum Gasteiger partial charge on any atom is -0.342 e. The Kier molecular flexibility index (Phi) is 7.87. The summed E-state index contributed by atoms with van der Waals surface area (Å²) in [6.45, 7) is 1.15. The first kappa shape index (κ1) is 23.9. The van der Waals surface area contributed by atoms with Gasteiger partial charge in [0.25, 0.3) is 0 Å². The zero-order chi connectivity index (χ0) is 23.8. The third kappa shape index (κ3) is 5.98. The number of hydrogen-bond acceptors (Lipinski definition) is 4. The smallest absolute Gasteiger partial charge is 0.244 e. The van der Waals surface area contributed by atoms with Crippen LogP contribution in [0.15, 0.2) is 90.1 Å². The van der Waals surface area contributed by atoms with E-state index in [0.717, 1.165) is 42.4 Å². The van der Waals surface area contributed by atoms with E-state index in [9.17, 15) is 13.2 Å². The van der Waals surface area contributed by atoms with E-state index in [1.807, 2.05) is 42.5 Å². The Hall–Kier alpha value is -3.29. The van der Waals surface area contributed by atoms with Crippen molar-refractivity contribution in [3.05, 3.63) is 102 Å². The Bertz CT molecular complexity index is 1160. The lowest BCUT2D eigenvalue weighted by Crippen LogP contribution is -2.31. The average Bonchev–Trinajstić information content (AvgIpc) is 3.18. The highest BCUT2D eigenvalue weighted by atomic mass is 32.2. The van der Waals surface area contributed by atoms with Gasteiger partial charge < -0.3 is 5.32 Å². The first-order chi connectivity index (χ1) is 16.5. The van der Waals surface area contributed by atoms with Gasteiger partial charge in [0.2, 0.25) is 15.9 Å². The minimum absolute atomic E-state index is 0.244. The third-order valence-electron chi connectivity index (χ3n) is 5.97. The van der Waals surface area contributed by atoms with E-state index in [4.69, 9.17) is 0 Å². The van der Waals surface area contributed by atoms with Crippen LogP contribution in [0.2, 0.25) is 0 Å². The number of nitrogens with zero attached hydrogens (tertiary/aromatic N) is 2. The van der Waals surface area contributed by atoms with Gasteiger partial charge in [-0.2, -0.15) is 4.31 Å². The van der Waals surface area contributed by atoms with Gasteiger partial charge in [-0.25, -0.2) is 8.42 Å². The molecule has 0 saturated carbocycles. The van der Waals surface area contributed by atoms with Crippen LogP contribution in [0, 0.1) is 0 Å². The van der Waals surface area contributed by atoms with Crippen molar-refractivity contribution in [1.29, 1.82) is 0 Å². The highest BCUT2D eigenvalue weighted by Crippen LogP contribution is 2.22. The van der Waals surface area contributed by atoms with E-state index in [0.29, 0.717) is 13.1 Å². The van der Waals surface area contributed by atoms with Crippen LogP contribution >= 0.6 is 0 Å². The summed E-state index contributed by atoms with van der Waals surface area (Å²) in [5, 5.41) is 3.05. The maximum Gasteiger partial charge on any atom is 0.244 e. The lowest BCUT2D eigenvalue weighted by Gasteiger charge is -2.20. The summed E-state index contributed by atoms with van der Waals surface area (Å²) in [6, 6.07) is 19.9. The van der Waals surface area contributed by atoms with Crippen LogP contribution < -0.4 is 5.32 Å². The zero-order valence-corrected chi connectivity index (χ0v) is 19.8. The molecule has 1 N–H and O–H groups in total. The molecule has 0 spiro atoms. The van der Waals surface area contributed by atoms with E-state index < -0.39 is 10.0 Å². The maximum absolute atomic E-state index is 12.9. The van der Waals surface area contributed by atoms with E-state index in [2.05, 4.69) is 10.3 Å². The highest BCUT2D eigenvalue weighted by Gasteiger charge is 2.24. The van der Waals surface area contributed by atoms with Crippen molar-refractivity contribution in [2.24, 2.45) is 0 Å². The molecule has 1 amide bonds. The molecular weight excluding hydrogens is 446 g/mol. The van der Waals surface area contributed by atoms with Crippen LogP contribution in [0.25, 0.3) is 6.08 Å². The Morgan fingerprint density at radius 1 is 0.853 bits per heavy atom. The number of benzene rings is 2. The topological polar surface area (TPSA) is 79.4 Å². The number of aromatic nitrogens is 1. The molecule has 1 atom stereocenters. The van der Waals surface area contributed by atoms with Crippen molar-refractivity contribution in [2.75, 3.05) is 13.1 Å². The number of pyridine rings is 1.